The number of carbonyl (C=O) groups is 3. The molecule has 186 valence electrons. The summed E-state index contributed by atoms with van der Waals surface area (Å²) in [5, 5.41) is 5.44. The third kappa shape index (κ3) is 5.69. The van der Waals surface area contributed by atoms with E-state index in [0.29, 0.717) is 17.9 Å². The molecule has 0 aliphatic carbocycles. The third-order valence-corrected chi connectivity index (χ3v) is 5.77. The molecule has 3 aromatic carbocycles. The first kappa shape index (κ1) is 24.9. The van der Waals surface area contributed by atoms with E-state index in [-0.39, 0.29) is 24.6 Å². The number of hydrogen-bond acceptors (Lipinski definition) is 5. The summed E-state index contributed by atoms with van der Waals surface area (Å²) in [6, 6.07) is 20.7. The smallest absolute Gasteiger partial charge is 0.411 e. The molecule has 0 saturated carbocycles. The van der Waals surface area contributed by atoms with E-state index in [4.69, 9.17) is 9.47 Å². The topological polar surface area (TPSA) is 97.0 Å². The average molecular weight is 492 g/mol. The zero-order valence-electron chi connectivity index (χ0n) is 19.6. The Kier molecular flexibility index (Phi) is 7.92. The van der Waals surface area contributed by atoms with Gasteiger partial charge in [0.1, 0.15) is 5.82 Å². The highest BCUT2D eigenvalue weighted by molar-refractivity contribution is 6.04. The molecule has 0 aromatic heterocycles. The lowest BCUT2D eigenvalue weighted by molar-refractivity contribution is -0.126. The first-order valence-electron chi connectivity index (χ1n) is 11.4. The van der Waals surface area contributed by atoms with Crippen LogP contribution in [-0.2, 0) is 20.8 Å². The number of rotatable bonds is 9. The molecule has 9 heteroatoms. The van der Waals surface area contributed by atoms with Gasteiger partial charge in [-0.25, -0.2) is 9.18 Å². The van der Waals surface area contributed by atoms with Crippen LogP contribution in [0.5, 0.6) is 0 Å². The fraction of sp³-hybridized carbons (Fsp3) is 0.222. The second-order valence-corrected chi connectivity index (χ2v) is 8.20. The molecule has 4 rings (SSSR count). The maximum Gasteiger partial charge on any atom is 0.411 e. The predicted molar refractivity (Wildman–Crippen MR) is 131 cm³/mol. The Morgan fingerprint density at radius 1 is 1.00 bits per heavy atom. The molecule has 0 spiro atoms. The first-order chi connectivity index (χ1) is 17.5. The van der Waals surface area contributed by atoms with Crippen molar-refractivity contribution in [1.82, 2.24) is 10.2 Å². The van der Waals surface area contributed by atoms with Crippen LogP contribution in [0, 0.1) is 5.82 Å². The van der Waals surface area contributed by atoms with Crippen LogP contribution in [0.25, 0.3) is 0 Å². The van der Waals surface area contributed by atoms with Gasteiger partial charge in [-0.2, -0.15) is 0 Å². The number of amides is 3. The van der Waals surface area contributed by atoms with Crippen LogP contribution in [0.3, 0.4) is 0 Å². The maximum atomic E-state index is 13.9. The number of hydrogen-bond donors (Lipinski definition) is 2. The Bertz CT molecular complexity index is 1220. The molecule has 1 saturated heterocycles. The number of nitrogens with one attached hydrogen (secondary N) is 2. The van der Waals surface area contributed by atoms with E-state index in [1.54, 1.807) is 30.3 Å². The van der Waals surface area contributed by atoms with Crippen molar-refractivity contribution in [3.8, 4) is 0 Å². The minimum atomic E-state index is -0.909. The number of carbonyl (C=O) groups excluding carboxylic acids is 3. The fourth-order valence-electron chi connectivity index (χ4n) is 3.97. The quantitative estimate of drug-likeness (QED) is 0.443. The van der Waals surface area contributed by atoms with Crippen LogP contribution in [0.2, 0.25) is 0 Å². The van der Waals surface area contributed by atoms with Crippen LogP contribution in [0.1, 0.15) is 27.6 Å². The van der Waals surface area contributed by atoms with E-state index in [2.05, 4.69) is 10.6 Å². The third-order valence-electron chi connectivity index (χ3n) is 5.77. The number of ether oxygens (including phenoxy) is 2. The number of halogens is 1. The molecule has 1 aliphatic heterocycles. The van der Waals surface area contributed by atoms with Crippen molar-refractivity contribution in [3.05, 3.63) is 101 Å². The Balaban J connectivity index is 1.54. The molecule has 2 unspecified atom stereocenters. The SMILES string of the molecule is COCCNC(=O)C1C(c2ccc(NC(=O)c3ccccc3F)cc2)OC(=O)N1Cc1ccccc1. The summed E-state index contributed by atoms with van der Waals surface area (Å²) in [5.74, 6) is -1.57. The largest absolute Gasteiger partial charge is 0.438 e. The average Bonchev–Trinajstić information content (AvgIpc) is 3.21. The highest BCUT2D eigenvalue weighted by Crippen LogP contribution is 2.34. The Hall–Kier alpha value is -4.24. The fourth-order valence-corrected chi connectivity index (χ4v) is 3.97. The molecule has 8 nitrogen and oxygen atoms in total. The van der Waals surface area contributed by atoms with Crippen molar-refractivity contribution in [2.75, 3.05) is 25.6 Å². The van der Waals surface area contributed by atoms with Gasteiger partial charge in [0.2, 0.25) is 5.91 Å². The normalized spacial score (nSPS) is 16.9. The van der Waals surface area contributed by atoms with Crippen LogP contribution in [0.4, 0.5) is 14.9 Å². The standard InChI is InChI=1S/C27H26FN3O5/c1-35-16-15-29-26(33)23-24(36-27(34)31(23)17-18-7-3-2-4-8-18)19-11-13-20(14-12-19)30-25(32)21-9-5-6-10-22(21)28/h2-14,23-24H,15-17H2,1H3,(H,29,33)(H,30,32). The molecule has 2 atom stereocenters. The van der Waals surface area contributed by atoms with Gasteiger partial charge >= 0.3 is 6.09 Å². The molecule has 3 aromatic rings. The van der Waals surface area contributed by atoms with E-state index < -0.39 is 30.0 Å². The molecule has 1 aliphatic rings. The lowest BCUT2D eigenvalue weighted by Gasteiger charge is -2.24. The van der Waals surface area contributed by atoms with Crippen LogP contribution >= 0.6 is 0 Å². The van der Waals surface area contributed by atoms with Gasteiger partial charge < -0.3 is 20.1 Å². The van der Waals surface area contributed by atoms with Crippen LogP contribution in [0.15, 0.2) is 78.9 Å². The minimum absolute atomic E-state index is 0.0735. The lowest BCUT2D eigenvalue weighted by Crippen LogP contribution is -2.47. The number of benzene rings is 3. The van der Waals surface area contributed by atoms with Crippen molar-refractivity contribution >= 4 is 23.6 Å². The Morgan fingerprint density at radius 2 is 1.69 bits per heavy atom. The predicted octanol–water partition coefficient (Wildman–Crippen LogP) is 3.90. The second kappa shape index (κ2) is 11.5. The number of anilines is 1. The summed E-state index contributed by atoms with van der Waals surface area (Å²) in [6.07, 6.45) is -1.47. The van der Waals surface area contributed by atoms with Gasteiger partial charge in [-0.05, 0) is 35.4 Å². The van der Waals surface area contributed by atoms with E-state index in [9.17, 15) is 18.8 Å². The van der Waals surface area contributed by atoms with Crippen LogP contribution < -0.4 is 10.6 Å². The van der Waals surface area contributed by atoms with E-state index >= 15 is 0 Å². The molecule has 36 heavy (non-hydrogen) atoms. The van der Waals surface area contributed by atoms with Crippen molar-refractivity contribution in [1.29, 1.82) is 0 Å². The van der Waals surface area contributed by atoms with E-state index in [1.807, 2.05) is 30.3 Å². The summed E-state index contributed by atoms with van der Waals surface area (Å²) >= 11 is 0. The van der Waals surface area contributed by atoms with Crippen molar-refractivity contribution in [2.45, 2.75) is 18.7 Å². The van der Waals surface area contributed by atoms with Gasteiger partial charge in [0.15, 0.2) is 12.1 Å². The highest BCUT2D eigenvalue weighted by Gasteiger charge is 2.46. The van der Waals surface area contributed by atoms with Gasteiger partial charge in [-0.15, -0.1) is 0 Å². The van der Waals surface area contributed by atoms with Gasteiger partial charge in [-0.3, -0.25) is 14.5 Å². The molecule has 1 heterocycles. The molecule has 2 N–H and O–H groups in total. The summed E-state index contributed by atoms with van der Waals surface area (Å²) in [7, 11) is 1.53. The minimum Gasteiger partial charge on any atom is -0.438 e. The summed E-state index contributed by atoms with van der Waals surface area (Å²) in [6.45, 7) is 0.815. The summed E-state index contributed by atoms with van der Waals surface area (Å²) in [5.41, 5.74) is 1.79. The number of nitrogens with zero attached hydrogens (tertiary/aromatic N) is 1. The van der Waals surface area contributed by atoms with Crippen molar-refractivity contribution < 1.29 is 28.2 Å². The first-order valence-corrected chi connectivity index (χ1v) is 11.4. The van der Waals surface area contributed by atoms with E-state index in [1.165, 1.54) is 30.2 Å². The Morgan fingerprint density at radius 3 is 2.39 bits per heavy atom. The summed E-state index contributed by atoms with van der Waals surface area (Å²) < 4.78 is 24.6. The molecular formula is C27H26FN3O5. The molecule has 0 radical (unpaired) electrons. The zero-order valence-corrected chi connectivity index (χ0v) is 19.6. The maximum absolute atomic E-state index is 13.9. The second-order valence-electron chi connectivity index (χ2n) is 8.20. The molecule has 0 bridgehead atoms. The van der Waals surface area contributed by atoms with E-state index in [0.717, 1.165) is 5.56 Å². The van der Waals surface area contributed by atoms with Crippen molar-refractivity contribution in [2.24, 2.45) is 0 Å². The highest BCUT2D eigenvalue weighted by atomic mass is 19.1. The molecular weight excluding hydrogens is 465 g/mol. The van der Waals surface area contributed by atoms with Crippen LogP contribution in [-0.4, -0.2) is 49.1 Å². The molecule has 3 amide bonds. The monoisotopic (exact) mass is 491 g/mol. The summed E-state index contributed by atoms with van der Waals surface area (Å²) in [4.78, 5) is 39.7. The van der Waals surface area contributed by atoms with Gasteiger partial charge in [0, 0.05) is 19.3 Å². The lowest BCUT2D eigenvalue weighted by atomic mass is 10.00. The zero-order chi connectivity index (χ0) is 25.5. The van der Waals surface area contributed by atoms with Gasteiger partial charge in [0.05, 0.1) is 18.7 Å². The molecule has 1 fully saturated rings. The van der Waals surface area contributed by atoms with Gasteiger partial charge in [0.25, 0.3) is 5.91 Å². The Labute approximate surface area is 208 Å². The van der Waals surface area contributed by atoms with Crippen molar-refractivity contribution in [3.63, 3.8) is 0 Å². The number of cyclic esters (lactones) is 1. The van der Waals surface area contributed by atoms with Gasteiger partial charge in [-0.1, -0.05) is 54.6 Å². The number of methoxy groups -OCH3 is 1.